The molecule has 29 heavy (non-hydrogen) atoms. The number of fused-ring (bicyclic) bond motifs is 1. The molecule has 0 aliphatic rings. The molecule has 1 heterocycles. The number of esters is 1. The molecule has 2 aromatic carbocycles. The number of para-hydroxylation sites is 1. The lowest BCUT2D eigenvalue weighted by molar-refractivity contribution is -0.135. The fourth-order valence-corrected chi connectivity index (χ4v) is 3.11. The van der Waals surface area contributed by atoms with Crippen LogP contribution in [0, 0.1) is 0 Å². The second-order valence-corrected chi connectivity index (χ2v) is 6.77. The molecular formula is C22H21ClN2O4. The summed E-state index contributed by atoms with van der Waals surface area (Å²) in [6, 6.07) is 18.2. The molecule has 3 rings (SSSR count). The van der Waals surface area contributed by atoms with Crippen molar-refractivity contribution in [3.8, 4) is 0 Å². The maximum absolute atomic E-state index is 12.7. The Labute approximate surface area is 174 Å². The maximum Gasteiger partial charge on any atom is 0.339 e. The van der Waals surface area contributed by atoms with Crippen molar-refractivity contribution in [2.45, 2.75) is 6.54 Å². The van der Waals surface area contributed by atoms with Gasteiger partial charge in [-0.05, 0) is 17.7 Å². The predicted molar refractivity (Wildman–Crippen MR) is 111 cm³/mol. The number of rotatable bonds is 8. The second-order valence-electron chi connectivity index (χ2n) is 6.38. The number of carbonyl (C=O) groups excluding carboxylic acids is 2. The molecule has 0 radical (unpaired) electrons. The molecule has 7 heteroatoms. The average Bonchev–Trinajstić information content (AvgIpc) is 2.74. The number of pyridine rings is 1. The minimum absolute atomic E-state index is 0.188. The molecule has 0 aliphatic heterocycles. The van der Waals surface area contributed by atoms with Gasteiger partial charge in [-0.15, -0.1) is 0 Å². The topological polar surface area (TPSA) is 68.7 Å². The van der Waals surface area contributed by atoms with Crippen LogP contribution in [0.4, 0.5) is 0 Å². The summed E-state index contributed by atoms with van der Waals surface area (Å²) in [5.41, 5.74) is 1.85. The smallest absolute Gasteiger partial charge is 0.339 e. The lowest BCUT2D eigenvalue weighted by atomic mass is 10.1. The van der Waals surface area contributed by atoms with Gasteiger partial charge >= 0.3 is 5.97 Å². The maximum atomic E-state index is 12.7. The third-order valence-corrected chi connectivity index (χ3v) is 4.56. The molecule has 150 valence electrons. The van der Waals surface area contributed by atoms with Crippen molar-refractivity contribution in [1.29, 1.82) is 0 Å². The van der Waals surface area contributed by atoms with Crippen molar-refractivity contribution in [2.24, 2.45) is 0 Å². The van der Waals surface area contributed by atoms with E-state index in [2.05, 4.69) is 4.98 Å². The standard InChI is InChI=1S/C22H21ClN2O4/c1-28-12-11-25(14-16-7-3-2-4-8-16)21(26)15-29-22(27)18-13-20(23)24-19-10-6-5-9-17(18)19/h2-10,13H,11-12,14-15H2,1H3. The van der Waals surface area contributed by atoms with Gasteiger partial charge in [-0.2, -0.15) is 0 Å². The lowest BCUT2D eigenvalue weighted by Crippen LogP contribution is -2.36. The van der Waals surface area contributed by atoms with E-state index in [1.807, 2.05) is 36.4 Å². The summed E-state index contributed by atoms with van der Waals surface area (Å²) in [7, 11) is 1.57. The quantitative estimate of drug-likeness (QED) is 0.416. The highest BCUT2D eigenvalue weighted by Gasteiger charge is 2.19. The molecular weight excluding hydrogens is 392 g/mol. The average molecular weight is 413 g/mol. The molecule has 6 nitrogen and oxygen atoms in total. The zero-order valence-electron chi connectivity index (χ0n) is 16.0. The number of hydrogen-bond donors (Lipinski definition) is 0. The van der Waals surface area contributed by atoms with E-state index >= 15 is 0 Å². The lowest BCUT2D eigenvalue weighted by Gasteiger charge is -2.22. The number of halogens is 1. The van der Waals surface area contributed by atoms with Gasteiger partial charge in [-0.25, -0.2) is 9.78 Å². The number of carbonyl (C=O) groups is 2. The van der Waals surface area contributed by atoms with Crippen molar-refractivity contribution in [3.63, 3.8) is 0 Å². The van der Waals surface area contributed by atoms with Gasteiger partial charge in [-0.3, -0.25) is 4.79 Å². The molecule has 0 fully saturated rings. The normalized spacial score (nSPS) is 10.7. The Morgan fingerprint density at radius 1 is 1.07 bits per heavy atom. The van der Waals surface area contributed by atoms with Crippen molar-refractivity contribution in [1.82, 2.24) is 9.88 Å². The first-order chi connectivity index (χ1) is 14.1. The third-order valence-electron chi connectivity index (χ3n) is 4.37. The SMILES string of the molecule is COCCN(Cc1ccccc1)C(=O)COC(=O)c1cc(Cl)nc2ccccc12. The van der Waals surface area contributed by atoms with E-state index in [1.165, 1.54) is 6.07 Å². The van der Waals surface area contributed by atoms with E-state index in [0.29, 0.717) is 30.6 Å². The number of benzene rings is 2. The van der Waals surface area contributed by atoms with E-state index in [4.69, 9.17) is 21.1 Å². The van der Waals surface area contributed by atoms with Crippen LogP contribution in [0.5, 0.6) is 0 Å². The summed E-state index contributed by atoms with van der Waals surface area (Å²) in [5, 5.41) is 0.808. The van der Waals surface area contributed by atoms with Crippen LogP contribution in [-0.2, 0) is 20.8 Å². The molecule has 0 spiro atoms. The number of ether oxygens (including phenoxy) is 2. The molecule has 0 N–H and O–H groups in total. The fraction of sp³-hybridized carbons (Fsp3) is 0.227. The number of amides is 1. The summed E-state index contributed by atoms with van der Waals surface area (Å²) >= 11 is 6.02. The van der Waals surface area contributed by atoms with Gasteiger partial charge in [0.1, 0.15) is 5.15 Å². The van der Waals surface area contributed by atoms with Gasteiger partial charge < -0.3 is 14.4 Å². The zero-order valence-corrected chi connectivity index (χ0v) is 16.8. The number of methoxy groups -OCH3 is 1. The highest BCUT2D eigenvalue weighted by Crippen LogP contribution is 2.21. The Balaban J connectivity index is 1.70. The van der Waals surface area contributed by atoms with Crippen LogP contribution in [-0.4, -0.2) is 48.6 Å². The first kappa shape index (κ1) is 20.8. The molecule has 0 aliphatic carbocycles. The van der Waals surface area contributed by atoms with Gasteiger partial charge in [0.2, 0.25) is 0 Å². The molecule has 0 saturated carbocycles. The van der Waals surface area contributed by atoms with Crippen LogP contribution in [0.15, 0.2) is 60.7 Å². The Hall–Kier alpha value is -2.96. The van der Waals surface area contributed by atoms with E-state index in [9.17, 15) is 9.59 Å². The van der Waals surface area contributed by atoms with Crippen LogP contribution in [0.25, 0.3) is 10.9 Å². The number of aromatic nitrogens is 1. The van der Waals surface area contributed by atoms with E-state index < -0.39 is 5.97 Å². The van der Waals surface area contributed by atoms with Gasteiger partial charge in [0.25, 0.3) is 5.91 Å². The molecule has 3 aromatic rings. The third kappa shape index (κ3) is 5.53. The van der Waals surface area contributed by atoms with Crippen LogP contribution in [0.2, 0.25) is 5.15 Å². The monoisotopic (exact) mass is 412 g/mol. The van der Waals surface area contributed by atoms with E-state index in [0.717, 1.165) is 5.56 Å². The largest absolute Gasteiger partial charge is 0.452 e. The molecule has 0 atom stereocenters. The van der Waals surface area contributed by atoms with Crippen LogP contribution >= 0.6 is 11.6 Å². The van der Waals surface area contributed by atoms with E-state index in [1.54, 1.807) is 30.2 Å². The van der Waals surface area contributed by atoms with Crippen LogP contribution < -0.4 is 0 Å². The van der Waals surface area contributed by atoms with Crippen LogP contribution in [0.3, 0.4) is 0 Å². The van der Waals surface area contributed by atoms with Crippen molar-refractivity contribution in [3.05, 3.63) is 76.9 Å². The molecule has 1 aromatic heterocycles. The summed E-state index contributed by atoms with van der Waals surface area (Å²) in [6.07, 6.45) is 0. The highest BCUT2D eigenvalue weighted by molar-refractivity contribution is 6.30. The predicted octanol–water partition coefficient (Wildman–Crippen LogP) is 3.72. The molecule has 1 amide bonds. The second kappa shape index (κ2) is 10.0. The van der Waals surface area contributed by atoms with E-state index in [-0.39, 0.29) is 23.2 Å². The fourth-order valence-electron chi connectivity index (χ4n) is 2.91. The Kier molecular flexibility index (Phi) is 7.16. The van der Waals surface area contributed by atoms with Gasteiger partial charge in [0.05, 0.1) is 17.7 Å². The van der Waals surface area contributed by atoms with Crippen molar-refractivity contribution < 1.29 is 19.1 Å². The van der Waals surface area contributed by atoms with Crippen molar-refractivity contribution in [2.75, 3.05) is 26.9 Å². The van der Waals surface area contributed by atoms with Gasteiger partial charge in [-0.1, -0.05) is 60.1 Å². The number of hydrogen-bond acceptors (Lipinski definition) is 5. The first-order valence-corrected chi connectivity index (χ1v) is 9.49. The summed E-state index contributed by atoms with van der Waals surface area (Å²) < 4.78 is 10.4. The number of nitrogens with zero attached hydrogens (tertiary/aromatic N) is 2. The summed E-state index contributed by atoms with van der Waals surface area (Å²) in [4.78, 5) is 31.1. The first-order valence-electron chi connectivity index (χ1n) is 9.11. The minimum Gasteiger partial charge on any atom is -0.452 e. The Morgan fingerprint density at radius 2 is 1.79 bits per heavy atom. The molecule has 0 unspecified atom stereocenters. The Bertz CT molecular complexity index is 995. The molecule has 0 saturated heterocycles. The Morgan fingerprint density at radius 3 is 2.55 bits per heavy atom. The van der Waals surface area contributed by atoms with Crippen molar-refractivity contribution >= 4 is 34.4 Å². The zero-order chi connectivity index (χ0) is 20.6. The highest BCUT2D eigenvalue weighted by atomic mass is 35.5. The van der Waals surface area contributed by atoms with Gasteiger partial charge in [0, 0.05) is 25.6 Å². The van der Waals surface area contributed by atoms with Crippen LogP contribution in [0.1, 0.15) is 15.9 Å². The van der Waals surface area contributed by atoms with Gasteiger partial charge in [0.15, 0.2) is 6.61 Å². The molecule has 0 bridgehead atoms. The summed E-state index contributed by atoms with van der Waals surface area (Å²) in [6.45, 7) is 0.817. The summed E-state index contributed by atoms with van der Waals surface area (Å²) in [5.74, 6) is -0.922. The minimum atomic E-state index is -0.620.